The molecule has 8 heteroatoms. The van der Waals surface area contributed by atoms with Crippen LogP contribution in [0.4, 0.5) is 0 Å². The third kappa shape index (κ3) is 4.04. The van der Waals surface area contributed by atoms with Crippen molar-refractivity contribution in [2.75, 3.05) is 12.9 Å². The highest BCUT2D eigenvalue weighted by molar-refractivity contribution is 7.98. The van der Waals surface area contributed by atoms with Gasteiger partial charge in [-0.1, -0.05) is 41.9 Å². The van der Waals surface area contributed by atoms with Gasteiger partial charge in [0.05, 0.1) is 12.2 Å². The van der Waals surface area contributed by atoms with E-state index < -0.39 is 5.97 Å². The van der Waals surface area contributed by atoms with Gasteiger partial charge >= 0.3 is 5.97 Å². The minimum atomic E-state index is -0.573. The molecule has 138 valence electrons. The quantitative estimate of drug-likeness (QED) is 0.259. The molecule has 3 rings (SSSR count). The fourth-order valence-corrected chi connectivity index (χ4v) is 3.25. The molecule has 0 fully saturated rings. The van der Waals surface area contributed by atoms with Crippen molar-refractivity contribution in [3.8, 4) is 11.6 Å². The Kier molecular flexibility index (Phi) is 5.93. The van der Waals surface area contributed by atoms with Gasteiger partial charge in [0.25, 0.3) is 0 Å². The van der Waals surface area contributed by atoms with Crippen LogP contribution in [0.5, 0.6) is 0 Å². The molecule has 6 nitrogen and oxygen atoms in total. The van der Waals surface area contributed by atoms with E-state index in [0.29, 0.717) is 10.6 Å². The molecule has 3 aromatic rings. The number of aromatic nitrogens is 2. The minimum absolute atomic E-state index is 0.0206. The van der Waals surface area contributed by atoms with Crippen molar-refractivity contribution in [2.45, 2.75) is 11.9 Å². The molecule has 0 amide bonds. The van der Waals surface area contributed by atoms with Gasteiger partial charge in [0.15, 0.2) is 17.4 Å². The highest BCUT2D eigenvalue weighted by atomic mass is 35.5. The summed E-state index contributed by atoms with van der Waals surface area (Å²) in [5, 5.41) is 0.445. The summed E-state index contributed by atoms with van der Waals surface area (Å²) in [7, 11) is 0. The van der Waals surface area contributed by atoms with Gasteiger partial charge in [-0.15, -0.1) is 11.8 Å². The fourth-order valence-electron chi connectivity index (χ4n) is 2.37. The first-order valence-corrected chi connectivity index (χ1v) is 9.64. The van der Waals surface area contributed by atoms with Gasteiger partial charge in [-0.3, -0.25) is 4.79 Å². The molecule has 0 unspecified atom stereocenters. The number of thioether (sulfide) groups is 1. The molecular formula is C19H15ClN2O4S. The molecule has 0 aliphatic carbocycles. The summed E-state index contributed by atoms with van der Waals surface area (Å²) in [6, 6.07) is 11.8. The zero-order chi connectivity index (χ0) is 19.4. The van der Waals surface area contributed by atoms with Crippen LogP contribution in [-0.4, -0.2) is 34.6 Å². The van der Waals surface area contributed by atoms with E-state index >= 15 is 0 Å². The monoisotopic (exact) mass is 402 g/mol. The smallest absolute Gasteiger partial charge is 0.374 e. The molecule has 0 radical (unpaired) electrons. The average molecular weight is 403 g/mol. The number of furan rings is 1. The van der Waals surface area contributed by atoms with Gasteiger partial charge in [0, 0.05) is 5.56 Å². The lowest BCUT2D eigenvalue weighted by Crippen LogP contribution is -2.08. The SMILES string of the molecule is CCOC(=O)c1ccc(-c2nc(Cl)c(C(=O)c3ccccc3)c(SC)n2)o1. The van der Waals surface area contributed by atoms with E-state index in [9.17, 15) is 9.59 Å². The number of ether oxygens (including phenoxy) is 1. The third-order valence-electron chi connectivity index (χ3n) is 3.59. The Morgan fingerprint density at radius 3 is 2.56 bits per heavy atom. The lowest BCUT2D eigenvalue weighted by Gasteiger charge is -2.09. The van der Waals surface area contributed by atoms with E-state index in [1.807, 2.05) is 6.07 Å². The average Bonchev–Trinajstić information content (AvgIpc) is 3.18. The zero-order valence-corrected chi connectivity index (χ0v) is 16.1. The maximum Gasteiger partial charge on any atom is 0.374 e. The Morgan fingerprint density at radius 1 is 1.15 bits per heavy atom. The van der Waals surface area contributed by atoms with Crippen LogP contribution in [-0.2, 0) is 4.74 Å². The van der Waals surface area contributed by atoms with Crippen molar-refractivity contribution in [3.05, 3.63) is 64.5 Å². The molecule has 0 spiro atoms. The van der Waals surface area contributed by atoms with E-state index in [1.165, 1.54) is 17.8 Å². The van der Waals surface area contributed by atoms with Crippen LogP contribution in [0.3, 0.4) is 0 Å². The largest absolute Gasteiger partial charge is 0.460 e. The Hall–Kier alpha value is -2.64. The number of ketones is 1. The maximum atomic E-state index is 12.8. The topological polar surface area (TPSA) is 82.3 Å². The van der Waals surface area contributed by atoms with Crippen molar-refractivity contribution >= 4 is 35.1 Å². The van der Waals surface area contributed by atoms with E-state index in [2.05, 4.69) is 9.97 Å². The first-order chi connectivity index (χ1) is 13.0. The highest BCUT2D eigenvalue weighted by Gasteiger charge is 2.23. The number of carbonyl (C=O) groups is 2. The Labute approximate surface area is 164 Å². The summed E-state index contributed by atoms with van der Waals surface area (Å²) < 4.78 is 10.4. The van der Waals surface area contributed by atoms with E-state index in [4.69, 9.17) is 20.8 Å². The summed E-state index contributed by atoms with van der Waals surface area (Å²) in [5.41, 5.74) is 0.727. The van der Waals surface area contributed by atoms with Crippen molar-refractivity contribution in [1.29, 1.82) is 0 Å². The zero-order valence-electron chi connectivity index (χ0n) is 14.6. The summed E-state index contributed by atoms with van der Waals surface area (Å²) >= 11 is 7.58. The van der Waals surface area contributed by atoms with Crippen LogP contribution in [0.25, 0.3) is 11.6 Å². The van der Waals surface area contributed by atoms with E-state index in [-0.39, 0.29) is 40.5 Å². The Morgan fingerprint density at radius 2 is 1.89 bits per heavy atom. The second kappa shape index (κ2) is 8.37. The van der Waals surface area contributed by atoms with Gasteiger partial charge in [-0.2, -0.15) is 0 Å². The van der Waals surface area contributed by atoms with Crippen LogP contribution in [0, 0.1) is 0 Å². The summed E-state index contributed by atoms with van der Waals surface area (Å²) in [6.45, 7) is 1.95. The molecule has 0 aliphatic heterocycles. The normalized spacial score (nSPS) is 10.6. The van der Waals surface area contributed by atoms with Crippen LogP contribution in [0.1, 0.15) is 33.4 Å². The van der Waals surface area contributed by atoms with E-state index in [1.54, 1.807) is 43.5 Å². The van der Waals surface area contributed by atoms with Crippen molar-refractivity contribution < 1.29 is 18.7 Å². The number of hydrogen-bond acceptors (Lipinski definition) is 7. The summed E-state index contributed by atoms with van der Waals surface area (Å²) in [6.07, 6.45) is 1.79. The summed E-state index contributed by atoms with van der Waals surface area (Å²) in [4.78, 5) is 33.1. The van der Waals surface area contributed by atoms with Crippen LogP contribution < -0.4 is 0 Å². The molecule has 27 heavy (non-hydrogen) atoms. The predicted octanol–water partition coefficient (Wildman–Crippen LogP) is 4.52. The summed E-state index contributed by atoms with van der Waals surface area (Å²) in [5.74, 6) is -0.348. The number of nitrogens with zero attached hydrogens (tertiary/aromatic N) is 2. The van der Waals surface area contributed by atoms with Crippen LogP contribution in [0.2, 0.25) is 5.15 Å². The molecule has 2 heterocycles. The van der Waals surface area contributed by atoms with E-state index in [0.717, 1.165) is 0 Å². The molecule has 2 aromatic heterocycles. The van der Waals surface area contributed by atoms with Crippen LogP contribution >= 0.6 is 23.4 Å². The number of carbonyl (C=O) groups excluding carboxylic acids is 2. The molecule has 1 aromatic carbocycles. The number of hydrogen-bond donors (Lipinski definition) is 0. The fraction of sp³-hybridized carbons (Fsp3) is 0.158. The van der Waals surface area contributed by atoms with Gasteiger partial charge in [0.2, 0.25) is 5.76 Å². The molecule has 0 bridgehead atoms. The molecule has 0 aliphatic rings. The second-order valence-electron chi connectivity index (χ2n) is 5.30. The van der Waals surface area contributed by atoms with Gasteiger partial charge < -0.3 is 9.15 Å². The van der Waals surface area contributed by atoms with Crippen molar-refractivity contribution in [3.63, 3.8) is 0 Å². The second-order valence-corrected chi connectivity index (χ2v) is 6.45. The number of halogens is 1. The van der Waals surface area contributed by atoms with Crippen molar-refractivity contribution in [2.24, 2.45) is 0 Å². The lowest BCUT2D eigenvalue weighted by atomic mass is 10.1. The molecule has 0 atom stereocenters. The standard InChI is InChI=1S/C19H15ClN2O4S/c1-3-25-19(24)13-10-9-12(26-13)17-21-16(20)14(18(22-17)27-2)15(23)11-7-5-4-6-8-11/h4-10H,3H2,1-2H3. The molecular weight excluding hydrogens is 388 g/mol. The lowest BCUT2D eigenvalue weighted by molar-refractivity contribution is 0.0491. The third-order valence-corrected chi connectivity index (χ3v) is 4.55. The van der Waals surface area contributed by atoms with Gasteiger partial charge in [-0.25, -0.2) is 14.8 Å². The van der Waals surface area contributed by atoms with Gasteiger partial charge in [0.1, 0.15) is 10.2 Å². The molecule has 0 N–H and O–H groups in total. The number of benzene rings is 1. The maximum absolute atomic E-state index is 12.8. The Bertz CT molecular complexity index is 989. The molecule has 0 saturated carbocycles. The number of rotatable bonds is 6. The number of esters is 1. The molecule has 0 saturated heterocycles. The highest BCUT2D eigenvalue weighted by Crippen LogP contribution is 2.30. The van der Waals surface area contributed by atoms with Crippen LogP contribution in [0.15, 0.2) is 51.9 Å². The minimum Gasteiger partial charge on any atom is -0.460 e. The predicted molar refractivity (Wildman–Crippen MR) is 102 cm³/mol. The first-order valence-electron chi connectivity index (χ1n) is 8.03. The Balaban J connectivity index is 2.00. The van der Waals surface area contributed by atoms with Gasteiger partial charge in [-0.05, 0) is 25.3 Å². The first kappa shape index (κ1) is 19.1. The van der Waals surface area contributed by atoms with Crippen molar-refractivity contribution in [1.82, 2.24) is 9.97 Å².